The third-order valence-electron chi connectivity index (χ3n) is 4.61. The van der Waals surface area contributed by atoms with Crippen molar-refractivity contribution >= 4 is 17.9 Å². The Balaban J connectivity index is 0.000000755. The van der Waals surface area contributed by atoms with E-state index >= 15 is 0 Å². The largest absolute Gasteiger partial charge is 0.497 e. The van der Waals surface area contributed by atoms with Gasteiger partial charge in [-0.2, -0.15) is 14.7 Å². The average molecular weight is 392 g/mol. The lowest BCUT2D eigenvalue weighted by Gasteiger charge is -2.19. The van der Waals surface area contributed by atoms with Crippen LogP contribution in [-0.4, -0.2) is 47.5 Å². The Bertz CT molecular complexity index is 980. The minimum absolute atomic E-state index is 0.0314. The van der Waals surface area contributed by atoms with E-state index in [0.717, 1.165) is 28.1 Å². The molecule has 8 heteroatoms. The topological polar surface area (TPSA) is 95.6 Å². The monoisotopic (exact) mass is 392 g/mol. The summed E-state index contributed by atoms with van der Waals surface area (Å²) in [5.41, 5.74) is 4.08. The fourth-order valence-electron chi connectivity index (χ4n) is 3.20. The Morgan fingerprint density at radius 2 is 1.86 bits per heavy atom. The van der Waals surface area contributed by atoms with E-state index in [4.69, 9.17) is 14.3 Å². The Hall–Kier alpha value is -3.90. The van der Waals surface area contributed by atoms with E-state index in [9.17, 15) is 4.79 Å². The molecule has 0 saturated carbocycles. The smallest absolute Gasteiger partial charge is 0.373 e. The molecule has 0 spiro atoms. The van der Waals surface area contributed by atoms with Gasteiger partial charge < -0.3 is 9.64 Å². The number of ether oxygens (including phenoxy) is 1. The van der Waals surface area contributed by atoms with Gasteiger partial charge in [-0.3, -0.25) is 10.00 Å². The second kappa shape index (κ2) is 9.34. The van der Waals surface area contributed by atoms with Crippen LogP contribution in [0.15, 0.2) is 60.9 Å². The third-order valence-corrected chi connectivity index (χ3v) is 4.61. The Kier molecular flexibility index (Phi) is 6.40. The summed E-state index contributed by atoms with van der Waals surface area (Å²) in [5.74, 6) is 0.806. The maximum absolute atomic E-state index is 12.8. The molecule has 2 aromatic carbocycles. The molecule has 1 fully saturated rings. The number of carbonyl (C=O) groups excluding carboxylic acids is 3. The lowest BCUT2D eigenvalue weighted by molar-refractivity contribution is -0.191. The molecule has 1 N–H and O–H groups in total. The van der Waals surface area contributed by atoms with Crippen LogP contribution < -0.4 is 9.64 Å². The first-order chi connectivity index (χ1) is 14.2. The van der Waals surface area contributed by atoms with Gasteiger partial charge in [-0.25, -0.2) is 4.79 Å². The maximum Gasteiger partial charge on any atom is 0.373 e. The van der Waals surface area contributed by atoms with E-state index in [1.165, 1.54) is 0 Å². The van der Waals surface area contributed by atoms with E-state index in [2.05, 4.69) is 10.2 Å². The predicted molar refractivity (Wildman–Crippen MR) is 105 cm³/mol. The number of rotatable bonds is 5. The van der Waals surface area contributed by atoms with Crippen LogP contribution in [-0.2, 0) is 16.1 Å². The summed E-state index contributed by atoms with van der Waals surface area (Å²) in [5, 5.41) is 6.78. The number of H-pyrrole nitrogens is 1. The number of anilines is 1. The Morgan fingerprint density at radius 1 is 1.10 bits per heavy atom. The molecule has 4 rings (SSSR count). The summed E-state index contributed by atoms with van der Waals surface area (Å²) in [7, 11) is 1.65. The molecule has 0 radical (unpaired) electrons. The third kappa shape index (κ3) is 4.69. The maximum atomic E-state index is 12.8. The highest BCUT2D eigenvalue weighted by atomic mass is 16.5. The summed E-state index contributed by atoms with van der Waals surface area (Å²) in [6, 6.07) is 15.8. The van der Waals surface area contributed by atoms with Gasteiger partial charge in [0.2, 0.25) is 0 Å². The normalized spacial score (nSPS) is 12.9. The van der Waals surface area contributed by atoms with Crippen LogP contribution in [0.4, 0.5) is 10.5 Å². The molecular formula is C21H20N4O4. The van der Waals surface area contributed by atoms with Crippen molar-refractivity contribution < 1.29 is 19.1 Å². The van der Waals surface area contributed by atoms with Gasteiger partial charge in [-0.15, -0.1) is 0 Å². The lowest BCUT2D eigenvalue weighted by Crippen LogP contribution is -2.31. The molecule has 0 bridgehead atoms. The molecule has 0 unspecified atom stereocenters. The molecule has 1 aliphatic heterocycles. The second-order valence-electron chi connectivity index (χ2n) is 6.32. The van der Waals surface area contributed by atoms with Crippen molar-refractivity contribution in [2.45, 2.75) is 6.54 Å². The number of methoxy groups -OCH3 is 1. The molecule has 2 amide bonds. The number of aromatic nitrogens is 2. The molecular weight excluding hydrogens is 372 g/mol. The van der Waals surface area contributed by atoms with E-state index < -0.39 is 0 Å². The standard InChI is InChI=1S/C20H20N4O2.CO2/c1-26-19-4-2-3-15(11-19)14-23-9-10-24(20(23)25)18-7-5-16(6-8-18)17-12-21-22-13-17;2-1-3/h2-8,11-13H,9-10,14H2,1H3,(H,21,22);. The molecule has 8 nitrogen and oxygen atoms in total. The Labute approximate surface area is 167 Å². The number of nitrogens with one attached hydrogen (secondary N) is 1. The first kappa shape index (κ1) is 19.9. The predicted octanol–water partition coefficient (Wildman–Crippen LogP) is 2.94. The zero-order chi connectivity index (χ0) is 20.6. The fourth-order valence-corrected chi connectivity index (χ4v) is 3.20. The highest BCUT2D eigenvalue weighted by Crippen LogP contribution is 2.26. The van der Waals surface area contributed by atoms with Crippen molar-refractivity contribution in [3.05, 3.63) is 66.5 Å². The van der Waals surface area contributed by atoms with Crippen LogP contribution in [0.1, 0.15) is 5.56 Å². The molecule has 1 aliphatic rings. The number of benzene rings is 2. The molecule has 148 valence electrons. The first-order valence-electron chi connectivity index (χ1n) is 8.94. The van der Waals surface area contributed by atoms with E-state index in [-0.39, 0.29) is 12.2 Å². The van der Waals surface area contributed by atoms with E-state index in [1.807, 2.05) is 64.5 Å². The number of urea groups is 1. The number of hydrogen-bond acceptors (Lipinski definition) is 5. The quantitative estimate of drug-likeness (QED) is 0.720. The number of aromatic amines is 1. The van der Waals surface area contributed by atoms with E-state index in [0.29, 0.717) is 19.6 Å². The molecule has 1 saturated heterocycles. The zero-order valence-corrected chi connectivity index (χ0v) is 15.9. The van der Waals surface area contributed by atoms with Crippen LogP contribution in [0, 0.1) is 0 Å². The minimum Gasteiger partial charge on any atom is -0.497 e. The first-order valence-corrected chi connectivity index (χ1v) is 8.94. The zero-order valence-electron chi connectivity index (χ0n) is 15.9. The van der Waals surface area contributed by atoms with Gasteiger partial charge >= 0.3 is 12.2 Å². The summed E-state index contributed by atoms with van der Waals surface area (Å²) >= 11 is 0. The summed E-state index contributed by atoms with van der Waals surface area (Å²) in [4.78, 5) is 32.7. The number of hydrogen-bond donors (Lipinski definition) is 1. The van der Waals surface area contributed by atoms with Crippen molar-refractivity contribution in [2.75, 3.05) is 25.1 Å². The van der Waals surface area contributed by atoms with Gasteiger partial charge in [0.15, 0.2) is 0 Å². The van der Waals surface area contributed by atoms with Crippen LogP contribution >= 0.6 is 0 Å². The molecule has 0 aliphatic carbocycles. The summed E-state index contributed by atoms with van der Waals surface area (Å²) < 4.78 is 5.26. The lowest BCUT2D eigenvalue weighted by atomic mass is 10.1. The van der Waals surface area contributed by atoms with Crippen molar-refractivity contribution in [1.29, 1.82) is 0 Å². The SMILES string of the molecule is COc1cccc(CN2CCN(c3ccc(-c4cn[nH]c4)cc3)C2=O)c1.O=C=O. The summed E-state index contributed by atoms with van der Waals surface area (Å²) in [6.45, 7) is 1.98. The number of amides is 2. The van der Waals surface area contributed by atoms with Gasteiger partial charge in [0.05, 0.1) is 13.3 Å². The van der Waals surface area contributed by atoms with Crippen LogP contribution in [0.5, 0.6) is 5.75 Å². The van der Waals surface area contributed by atoms with Crippen molar-refractivity contribution in [2.24, 2.45) is 0 Å². The molecule has 3 aromatic rings. The number of carbonyl (C=O) groups is 1. The van der Waals surface area contributed by atoms with E-state index in [1.54, 1.807) is 13.3 Å². The van der Waals surface area contributed by atoms with Gasteiger partial charge in [-0.1, -0.05) is 24.3 Å². The van der Waals surface area contributed by atoms with Crippen LogP contribution in [0.2, 0.25) is 0 Å². The van der Waals surface area contributed by atoms with Crippen molar-refractivity contribution in [3.8, 4) is 16.9 Å². The second-order valence-corrected chi connectivity index (χ2v) is 6.32. The fraction of sp³-hybridized carbons (Fsp3) is 0.190. The van der Waals surface area contributed by atoms with Crippen molar-refractivity contribution in [1.82, 2.24) is 15.1 Å². The van der Waals surface area contributed by atoms with Gasteiger partial charge in [-0.05, 0) is 35.4 Å². The molecule has 29 heavy (non-hydrogen) atoms. The highest BCUT2D eigenvalue weighted by molar-refractivity contribution is 5.94. The van der Waals surface area contributed by atoms with Gasteiger partial charge in [0.1, 0.15) is 5.75 Å². The van der Waals surface area contributed by atoms with Gasteiger partial charge in [0.25, 0.3) is 0 Å². The van der Waals surface area contributed by atoms with Gasteiger partial charge in [0, 0.05) is 37.1 Å². The average Bonchev–Trinajstić information content (AvgIpc) is 3.40. The Morgan fingerprint density at radius 3 is 2.52 bits per heavy atom. The highest BCUT2D eigenvalue weighted by Gasteiger charge is 2.29. The summed E-state index contributed by atoms with van der Waals surface area (Å²) in [6.07, 6.45) is 3.89. The van der Waals surface area contributed by atoms with Crippen molar-refractivity contribution in [3.63, 3.8) is 0 Å². The molecule has 0 atom stereocenters. The molecule has 2 heterocycles. The minimum atomic E-state index is 0.0314. The molecule has 1 aromatic heterocycles. The van der Waals surface area contributed by atoms with Crippen LogP contribution in [0.3, 0.4) is 0 Å². The van der Waals surface area contributed by atoms with Crippen LogP contribution in [0.25, 0.3) is 11.1 Å². The number of nitrogens with zero attached hydrogens (tertiary/aromatic N) is 3.